The van der Waals surface area contributed by atoms with Crippen LogP contribution in [0.1, 0.15) is 23.2 Å². The van der Waals surface area contributed by atoms with Gasteiger partial charge in [-0.15, -0.1) is 0 Å². The minimum Gasteiger partial charge on any atom is -0.494 e. The number of anilines is 1. The molecule has 2 aromatic carbocycles. The standard InChI is InChI=1S/C22H22F2N2O4/c1-29-18-7-6-14(12-17(18)24)20(27)25-10-8-22(9-11-25)19(30-2)21(28)26(22)16-5-3-4-15(23)13-16/h3-7,12-13,19H,8-11H2,1-2H3. The summed E-state index contributed by atoms with van der Waals surface area (Å²) in [7, 11) is 2.84. The van der Waals surface area contributed by atoms with Gasteiger partial charge in [0.05, 0.1) is 12.6 Å². The number of methoxy groups -OCH3 is 2. The molecule has 0 aromatic heterocycles. The van der Waals surface area contributed by atoms with Gasteiger partial charge in [0.1, 0.15) is 5.82 Å². The first-order valence-electron chi connectivity index (χ1n) is 9.66. The number of hydrogen-bond donors (Lipinski definition) is 0. The molecule has 0 radical (unpaired) electrons. The first-order valence-corrected chi connectivity index (χ1v) is 9.66. The number of amides is 2. The van der Waals surface area contributed by atoms with Gasteiger partial charge < -0.3 is 19.3 Å². The summed E-state index contributed by atoms with van der Waals surface area (Å²) in [5.41, 5.74) is 0.0752. The molecule has 6 nitrogen and oxygen atoms in total. The van der Waals surface area contributed by atoms with Crippen molar-refractivity contribution in [2.45, 2.75) is 24.5 Å². The zero-order chi connectivity index (χ0) is 21.5. The highest BCUT2D eigenvalue weighted by molar-refractivity contribution is 6.07. The van der Waals surface area contributed by atoms with Crippen molar-refractivity contribution in [2.24, 2.45) is 0 Å². The Morgan fingerprint density at radius 2 is 1.83 bits per heavy atom. The normalized spacial score (nSPS) is 20.3. The van der Waals surface area contributed by atoms with Crippen LogP contribution in [0.15, 0.2) is 42.5 Å². The summed E-state index contributed by atoms with van der Waals surface area (Å²) < 4.78 is 38.1. The van der Waals surface area contributed by atoms with Crippen LogP contribution in [0.5, 0.6) is 5.75 Å². The first-order chi connectivity index (χ1) is 14.4. The second kappa shape index (κ2) is 7.68. The predicted octanol–water partition coefficient (Wildman–Crippen LogP) is 3.01. The van der Waals surface area contributed by atoms with Crippen LogP contribution in [0.2, 0.25) is 0 Å². The van der Waals surface area contributed by atoms with Crippen LogP contribution < -0.4 is 9.64 Å². The predicted molar refractivity (Wildman–Crippen MR) is 106 cm³/mol. The molecular formula is C22H22F2N2O4. The van der Waals surface area contributed by atoms with Crippen molar-refractivity contribution < 1.29 is 27.8 Å². The molecule has 30 heavy (non-hydrogen) atoms. The lowest BCUT2D eigenvalue weighted by molar-refractivity contribution is -0.150. The number of piperidine rings is 1. The molecule has 0 saturated carbocycles. The number of rotatable bonds is 4. The second-order valence-electron chi connectivity index (χ2n) is 7.51. The molecule has 2 fully saturated rings. The van der Waals surface area contributed by atoms with E-state index >= 15 is 0 Å². The van der Waals surface area contributed by atoms with Crippen molar-refractivity contribution in [3.05, 3.63) is 59.7 Å². The third kappa shape index (κ3) is 3.11. The molecule has 2 aliphatic rings. The lowest BCUT2D eigenvalue weighted by atomic mass is 9.72. The molecule has 158 valence electrons. The SMILES string of the molecule is COc1ccc(C(=O)N2CCC3(CC2)C(OC)C(=O)N3c2cccc(F)c2)cc1F. The zero-order valence-corrected chi connectivity index (χ0v) is 16.7. The Balaban J connectivity index is 1.53. The Morgan fingerprint density at radius 3 is 2.43 bits per heavy atom. The van der Waals surface area contributed by atoms with Gasteiger partial charge in [0, 0.05) is 31.5 Å². The van der Waals surface area contributed by atoms with Crippen LogP contribution in [0.4, 0.5) is 14.5 Å². The zero-order valence-electron chi connectivity index (χ0n) is 16.7. The van der Waals surface area contributed by atoms with Crippen molar-refractivity contribution in [3.8, 4) is 5.75 Å². The maximum Gasteiger partial charge on any atom is 0.259 e. The topological polar surface area (TPSA) is 59.1 Å². The maximum absolute atomic E-state index is 14.0. The van der Waals surface area contributed by atoms with Crippen molar-refractivity contribution in [3.63, 3.8) is 0 Å². The molecule has 2 aromatic rings. The Bertz CT molecular complexity index is 989. The molecular weight excluding hydrogens is 394 g/mol. The summed E-state index contributed by atoms with van der Waals surface area (Å²) in [4.78, 5) is 28.7. The largest absolute Gasteiger partial charge is 0.494 e. The summed E-state index contributed by atoms with van der Waals surface area (Å²) >= 11 is 0. The van der Waals surface area contributed by atoms with Crippen molar-refractivity contribution in [1.82, 2.24) is 4.90 Å². The lowest BCUT2D eigenvalue weighted by Crippen LogP contribution is -2.78. The van der Waals surface area contributed by atoms with Crippen LogP contribution in [-0.2, 0) is 9.53 Å². The van der Waals surface area contributed by atoms with E-state index in [1.165, 1.54) is 38.5 Å². The van der Waals surface area contributed by atoms with E-state index in [4.69, 9.17) is 9.47 Å². The smallest absolute Gasteiger partial charge is 0.259 e. The number of likely N-dealkylation sites (tertiary alicyclic amines) is 1. The molecule has 1 spiro atoms. The van der Waals surface area contributed by atoms with Crippen molar-refractivity contribution in [1.29, 1.82) is 0 Å². The Morgan fingerprint density at radius 1 is 1.10 bits per heavy atom. The van der Waals surface area contributed by atoms with Crippen LogP contribution in [-0.4, -0.2) is 55.7 Å². The van der Waals surface area contributed by atoms with E-state index in [1.807, 2.05) is 0 Å². The molecule has 1 atom stereocenters. The second-order valence-corrected chi connectivity index (χ2v) is 7.51. The average molecular weight is 416 g/mol. The van der Waals surface area contributed by atoms with E-state index < -0.39 is 23.3 Å². The Labute approximate surface area is 173 Å². The molecule has 2 heterocycles. The van der Waals surface area contributed by atoms with E-state index in [0.29, 0.717) is 31.6 Å². The van der Waals surface area contributed by atoms with Crippen LogP contribution in [0, 0.1) is 11.6 Å². The van der Waals surface area contributed by atoms with E-state index in [1.54, 1.807) is 21.9 Å². The fraction of sp³-hybridized carbons (Fsp3) is 0.364. The van der Waals surface area contributed by atoms with Crippen LogP contribution in [0.3, 0.4) is 0 Å². The number of benzene rings is 2. The summed E-state index contributed by atoms with van der Waals surface area (Å²) in [6.45, 7) is 0.733. The van der Waals surface area contributed by atoms with Crippen molar-refractivity contribution in [2.75, 3.05) is 32.2 Å². The molecule has 2 saturated heterocycles. The highest BCUT2D eigenvalue weighted by Gasteiger charge is 2.62. The van der Waals surface area contributed by atoms with Gasteiger partial charge >= 0.3 is 0 Å². The molecule has 0 bridgehead atoms. The van der Waals surface area contributed by atoms with E-state index in [-0.39, 0.29) is 23.1 Å². The molecule has 4 rings (SSSR count). The third-order valence-electron chi connectivity index (χ3n) is 6.00. The highest BCUT2D eigenvalue weighted by atomic mass is 19.1. The quantitative estimate of drug-likeness (QED) is 0.719. The molecule has 2 aliphatic heterocycles. The fourth-order valence-corrected chi connectivity index (χ4v) is 4.50. The van der Waals surface area contributed by atoms with Gasteiger partial charge in [-0.2, -0.15) is 0 Å². The van der Waals surface area contributed by atoms with Gasteiger partial charge in [0.25, 0.3) is 11.8 Å². The van der Waals surface area contributed by atoms with Gasteiger partial charge in [0.15, 0.2) is 17.7 Å². The van der Waals surface area contributed by atoms with Gasteiger partial charge in [-0.25, -0.2) is 8.78 Å². The minimum atomic E-state index is -0.642. The highest BCUT2D eigenvalue weighted by Crippen LogP contribution is 2.45. The van der Waals surface area contributed by atoms with Gasteiger partial charge in [-0.3, -0.25) is 9.59 Å². The summed E-state index contributed by atoms with van der Waals surface area (Å²) in [5, 5.41) is 0. The molecule has 0 aliphatic carbocycles. The molecule has 0 N–H and O–H groups in total. The number of carbonyl (C=O) groups excluding carboxylic acids is 2. The molecule has 1 unspecified atom stereocenters. The van der Waals surface area contributed by atoms with Gasteiger partial charge in [-0.05, 0) is 49.2 Å². The summed E-state index contributed by atoms with van der Waals surface area (Å²) in [6, 6.07) is 10.0. The minimum absolute atomic E-state index is 0.0748. The summed E-state index contributed by atoms with van der Waals surface area (Å²) in [5.74, 6) is -1.46. The first kappa shape index (κ1) is 20.3. The van der Waals surface area contributed by atoms with E-state index in [2.05, 4.69) is 0 Å². The van der Waals surface area contributed by atoms with Crippen LogP contribution >= 0.6 is 0 Å². The number of β-lactam (4-membered cyclic amide) rings is 1. The number of nitrogens with zero attached hydrogens (tertiary/aromatic N) is 2. The van der Waals surface area contributed by atoms with E-state index in [0.717, 1.165) is 6.07 Å². The Kier molecular flexibility index (Phi) is 5.19. The van der Waals surface area contributed by atoms with Gasteiger partial charge in [-0.1, -0.05) is 6.07 Å². The lowest BCUT2D eigenvalue weighted by Gasteiger charge is -2.59. The van der Waals surface area contributed by atoms with Crippen LogP contribution in [0.25, 0.3) is 0 Å². The van der Waals surface area contributed by atoms with Crippen molar-refractivity contribution >= 4 is 17.5 Å². The number of halogens is 2. The third-order valence-corrected chi connectivity index (χ3v) is 6.00. The molecule has 2 amide bonds. The number of ether oxygens (including phenoxy) is 2. The fourth-order valence-electron chi connectivity index (χ4n) is 4.50. The van der Waals surface area contributed by atoms with E-state index in [9.17, 15) is 18.4 Å². The average Bonchev–Trinajstić information content (AvgIpc) is 2.74. The number of hydrogen-bond acceptors (Lipinski definition) is 4. The maximum atomic E-state index is 14.0. The Hall–Kier alpha value is -3.00. The summed E-state index contributed by atoms with van der Waals surface area (Å²) in [6.07, 6.45) is 0.299. The molecule has 8 heteroatoms. The number of carbonyl (C=O) groups is 2. The van der Waals surface area contributed by atoms with Gasteiger partial charge in [0.2, 0.25) is 0 Å². The monoisotopic (exact) mass is 416 g/mol.